The van der Waals surface area contributed by atoms with Gasteiger partial charge in [-0.2, -0.15) is 0 Å². The van der Waals surface area contributed by atoms with E-state index in [2.05, 4.69) is 16.0 Å². The topological polar surface area (TPSA) is 108 Å². The lowest BCUT2D eigenvalue weighted by atomic mass is 9.92. The Hall–Kier alpha value is -2.90. The fraction of sp³-hybridized carbons (Fsp3) is 0.444. The number of benzene rings is 1. The second-order valence-corrected chi connectivity index (χ2v) is 6.80. The smallest absolute Gasteiger partial charge is 0.325 e. The van der Waals surface area contributed by atoms with Crippen LogP contribution in [-0.4, -0.2) is 41.9 Å². The molecule has 0 saturated carbocycles. The van der Waals surface area contributed by atoms with Crippen molar-refractivity contribution in [1.82, 2.24) is 20.9 Å². The van der Waals surface area contributed by atoms with Gasteiger partial charge in [0.05, 0.1) is 0 Å². The molecule has 1 aliphatic heterocycles. The Kier molecular flexibility index (Phi) is 5.97. The van der Waals surface area contributed by atoms with Gasteiger partial charge in [-0.25, -0.2) is 9.59 Å². The van der Waals surface area contributed by atoms with Crippen molar-refractivity contribution in [2.24, 2.45) is 5.92 Å². The Bertz CT molecular complexity index is 704. The number of carbonyl (C=O) groups excluding carboxylic acids is 4. The Morgan fingerprint density at radius 1 is 1.19 bits per heavy atom. The molecular weight excluding hydrogens is 336 g/mol. The zero-order valence-corrected chi connectivity index (χ0v) is 15.2. The first-order valence-corrected chi connectivity index (χ1v) is 8.51. The molecule has 8 nitrogen and oxygen atoms in total. The van der Waals surface area contributed by atoms with Crippen LogP contribution in [0.1, 0.15) is 32.8 Å². The van der Waals surface area contributed by atoms with Gasteiger partial charge in [-0.3, -0.25) is 19.8 Å². The van der Waals surface area contributed by atoms with Gasteiger partial charge in [-0.05, 0) is 24.8 Å². The Morgan fingerprint density at radius 3 is 2.46 bits per heavy atom. The molecule has 1 aromatic carbocycles. The van der Waals surface area contributed by atoms with Crippen molar-refractivity contribution in [2.45, 2.75) is 32.7 Å². The summed E-state index contributed by atoms with van der Waals surface area (Å²) in [7, 11) is 0. The quantitative estimate of drug-likeness (QED) is 0.665. The number of carbonyl (C=O) groups is 4. The number of nitrogens with zero attached hydrogens (tertiary/aromatic N) is 1. The van der Waals surface area contributed by atoms with E-state index in [1.54, 1.807) is 37.3 Å². The molecule has 0 radical (unpaired) electrons. The van der Waals surface area contributed by atoms with Crippen LogP contribution in [0.15, 0.2) is 30.3 Å². The van der Waals surface area contributed by atoms with Crippen LogP contribution in [0.5, 0.6) is 0 Å². The van der Waals surface area contributed by atoms with Crippen molar-refractivity contribution < 1.29 is 19.2 Å². The lowest BCUT2D eigenvalue weighted by Crippen LogP contribution is -2.47. The molecule has 2 rings (SSSR count). The molecule has 6 amide bonds. The van der Waals surface area contributed by atoms with E-state index in [1.165, 1.54) is 0 Å². The summed E-state index contributed by atoms with van der Waals surface area (Å²) < 4.78 is 0. The van der Waals surface area contributed by atoms with Gasteiger partial charge in [0.25, 0.3) is 5.91 Å². The van der Waals surface area contributed by atoms with Crippen LogP contribution in [0, 0.1) is 5.92 Å². The molecule has 1 heterocycles. The number of amides is 6. The molecule has 0 aliphatic carbocycles. The van der Waals surface area contributed by atoms with E-state index in [-0.39, 0.29) is 0 Å². The molecule has 0 bridgehead atoms. The van der Waals surface area contributed by atoms with Crippen molar-refractivity contribution in [3.63, 3.8) is 0 Å². The summed E-state index contributed by atoms with van der Waals surface area (Å²) in [5.41, 5.74) is -0.620. The van der Waals surface area contributed by atoms with Crippen LogP contribution in [-0.2, 0) is 15.1 Å². The second-order valence-electron chi connectivity index (χ2n) is 6.80. The van der Waals surface area contributed by atoms with Gasteiger partial charge in [0.2, 0.25) is 5.91 Å². The van der Waals surface area contributed by atoms with Gasteiger partial charge in [0.15, 0.2) is 0 Å². The van der Waals surface area contributed by atoms with Crippen LogP contribution in [0.25, 0.3) is 0 Å². The van der Waals surface area contributed by atoms with Crippen molar-refractivity contribution in [1.29, 1.82) is 0 Å². The second kappa shape index (κ2) is 7.99. The predicted molar refractivity (Wildman–Crippen MR) is 95.0 cm³/mol. The van der Waals surface area contributed by atoms with Gasteiger partial charge in [-0.1, -0.05) is 44.2 Å². The van der Waals surface area contributed by atoms with Gasteiger partial charge >= 0.3 is 12.1 Å². The van der Waals surface area contributed by atoms with Gasteiger partial charge in [0.1, 0.15) is 12.1 Å². The molecule has 140 valence electrons. The van der Waals surface area contributed by atoms with Crippen molar-refractivity contribution >= 4 is 23.9 Å². The number of hydrogen-bond acceptors (Lipinski definition) is 4. The SMILES string of the molecule is CC(C)CCNC(=O)NC(=O)CN1C(=O)N[C@@](C)(c2ccccc2)C1=O. The van der Waals surface area contributed by atoms with E-state index >= 15 is 0 Å². The van der Waals surface area contributed by atoms with E-state index in [9.17, 15) is 19.2 Å². The van der Waals surface area contributed by atoms with Crippen molar-refractivity contribution in [3.8, 4) is 0 Å². The number of nitrogens with one attached hydrogen (secondary N) is 3. The number of urea groups is 2. The molecule has 1 saturated heterocycles. The van der Waals surface area contributed by atoms with E-state index < -0.39 is 36.0 Å². The monoisotopic (exact) mass is 360 g/mol. The maximum atomic E-state index is 12.7. The van der Waals surface area contributed by atoms with E-state index in [1.807, 2.05) is 13.8 Å². The first-order chi connectivity index (χ1) is 12.2. The van der Waals surface area contributed by atoms with Crippen LogP contribution in [0.4, 0.5) is 9.59 Å². The van der Waals surface area contributed by atoms with E-state index in [4.69, 9.17) is 0 Å². The van der Waals surface area contributed by atoms with Crippen LogP contribution < -0.4 is 16.0 Å². The Morgan fingerprint density at radius 2 is 1.85 bits per heavy atom. The number of hydrogen-bond donors (Lipinski definition) is 3. The summed E-state index contributed by atoms with van der Waals surface area (Å²) in [4.78, 5) is 49.3. The zero-order chi connectivity index (χ0) is 19.3. The molecule has 0 spiro atoms. The molecule has 3 N–H and O–H groups in total. The minimum Gasteiger partial charge on any atom is -0.338 e. The molecule has 0 unspecified atom stereocenters. The molecule has 1 aromatic rings. The third-order valence-electron chi connectivity index (χ3n) is 4.19. The highest BCUT2D eigenvalue weighted by molar-refractivity contribution is 6.10. The third kappa shape index (κ3) is 4.38. The lowest BCUT2D eigenvalue weighted by Gasteiger charge is -2.22. The fourth-order valence-electron chi connectivity index (χ4n) is 2.64. The fourth-order valence-corrected chi connectivity index (χ4v) is 2.64. The molecule has 1 fully saturated rings. The molecule has 0 aromatic heterocycles. The summed E-state index contributed by atoms with van der Waals surface area (Å²) in [5, 5.41) is 7.29. The van der Waals surface area contributed by atoms with E-state index in [0.29, 0.717) is 18.0 Å². The van der Waals surface area contributed by atoms with Gasteiger partial charge in [-0.15, -0.1) is 0 Å². The first-order valence-electron chi connectivity index (χ1n) is 8.51. The number of imide groups is 2. The molecule has 8 heteroatoms. The lowest BCUT2D eigenvalue weighted by molar-refractivity contribution is -0.134. The highest BCUT2D eigenvalue weighted by atomic mass is 16.2. The summed E-state index contributed by atoms with van der Waals surface area (Å²) >= 11 is 0. The minimum atomic E-state index is -1.24. The Labute approximate surface area is 152 Å². The maximum absolute atomic E-state index is 12.7. The third-order valence-corrected chi connectivity index (χ3v) is 4.19. The van der Waals surface area contributed by atoms with Crippen LogP contribution in [0.2, 0.25) is 0 Å². The van der Waals surface area contributed by atoms with Gasteiger partial charge < -0.3 is 10.6 Å². The highest BCUT2D eigenvalue weighted by Gasteiger charge is 2.49. The molecular formula is C18H24N4O4. The van der Waals surface area contributed by atoms with E-state index in [0.717, 1.165) is 11.3 Å². The predicted octanol–water partition coefficient (Wildman–Crippen LogP) is 1.33. The normalized spacial score (nSPS) is 19.5. The van der Waals surface area contributed by atoms with Crippen molar-refractivity contribution in [2.75, 3.05) is 13.1 Å². The van der Waals surface area contributed by atoms with Crippen molar-refractivity contribution in [3.05, 3.63) is 35.9 Å². The molecule has 26 heavy (non-hydrogen) atoms. The maximum Gasteiger partial charge on any atom is 0.325 e. The summed E-state index contributed by atoms with van der Waals surface area (Å²) in [6, 6.07) is 7.46. The standard InChI is InChI=1S/C18H24N4O4/c1-12(2)9-10-19-16(25)20-14(23)11-22-15(24)18(3,21-17(22)26)13-7-5-4-6-8-13/h4-8,12H,9-11H2,1-3H3,(H,21,26)(H2,19,20,23,25)/t18-/m0/s1. The van der Waals surface area contributed by atoms with Crippen LogP contribution >= 0.6 is 0 Å². The van der Waals surface area contributed by atoms with Gasteiger partial charge in [0, 0.05) is 6.54 Å². The summed E-state index contributed by atoms with van der Waals surface area (Å²) in [6.45, 7) is 5.54. The summed E-state index contributed by atoms with van der Waals surface area (Å²) in [6.07, 6.45) is 0.782. The molecule has 1 atom stereocenters. The molecule has 1 aliphatic rings. The zero-order valence-electron chi connectivity index (χ0n) is 15.2. The van der Waals surface area contributed by atoms with Crippen LogP contribution in [0.3, 0.4) is 0 Å². The minimum absolute atomic E-state index is 0.424. The average Bonchev–Trinajstić information content (AvgIpc) is 2.79. The average molecular weight is 360 g/mol. The number of rotatable bonds is 6. The Balaban J connectivity index is 1.95. The first kappa shape index (κ1) is 19.4. The highest BCUT2D eigenvalue weighted by Crippen LogP contribution is 2.28. The largest absolute Gasteiger partial charge is 0.338 e. The summed E-state index contributed by atoms with van der Waals surface area (Å²) in [5.74, 6) is -0.843.